The summed E-state index contributed by atoms with van der Waals surface area (Å²) < 4.78 is 5.71. The van der Waals surface area contributed by atoms with E-state index in [1.165, 1.54) is 11.8 Å². The summed E-state index contributed by atoms with van der Waals surface area (Å²) in [5.41, 5.74) is 1.98. The number of halogens is 2. The van der Waals surface area contributed by atoms with Gasteiger partial charge >= 0.3 is 0 Å². The van der Waals surface area contributed by atoms with Gasteiger partial charge in [0.25, 0.3) is 11.8 Å². The van der Waals surface area contributed by atoms with Gasteiger partial charge in [0.1, 0.15) is 11.4 Å². The zero-order valence-corrected chi connectivity index (χ0v) is 25.7. The number of thioether (sulfide) groups is 1. The Morgan fingerprint density at radius 2 is 1.60 bits per heavy atom. The minimum atomic E-state index is -0.529. The van der Waals surface area contributed by atoms with Crippen LogP contribution in [0.1, 0.15) is 29.8 Å². The van der Waals surface area contributed by atoms with Crippen LogP contribution in [0.3, 0.4) is 0 Å². The van der Waals surface area contributed by atoms with Crippen molar-refractivity contribution < 1.29 is 19.1 Å². The number of benzene rings is 4. The van der Waals surface area contributed by atoms with E-state index in [2.05, 4.69) is 16.0 Å². The van der Waals surface area contributed by atoms with E-state index in [0.29, 0.717) is 39.9 Å². The monoisotopic (exact) mass is 633 g/mol. The number of hydrogen-bond acceptors (Lipinski definition) is 5. The molecule has 4 aromatic rings. The molecule has 0 aromatic heterocycles. The quantitative estimate of drug-likeness (QED) is 0.115. The third-order valence-corrected chi connectivity index (χ3v) is 7.94. The largest absolute Gasteiger partial charge is 0.493 e. The van der Waals surface area contributed by atoms with Crippen LogP contribution in [0.25, 0.3) is 6.08 Å². The Kier molecular flexibility index (Phi) is 11.3. The lowest BCUT2D eigenvalue weighted by atomic mass is 10.1. The number of ether oxygens (including phenoxy) is 1. The molecule has 0 bridgehead atoms. The van der Waals surface area contributed by atoms with Crippen LogP contribution in [0.15, 0.2) is 108 Å². The van der Waals surface area contributed by atoms with Gasteiger partial charge in [0.2, 0.25) is 5.91 Å². The number of amides is 3. The normalized spacial score (nSPS) is 11.8. The highest BCUT2D eigenvalue weighted by Gasteiger charge is 2.19. The maximum absolute atomic E-state index is 13.5. The van der Waals surface area contributed by atoms with Crippen molar-refractivity contribution in [2.45, 2.75) is 24.0 Å². The Morgan fingerprint density at radius 1 is 0.884 bits per heavy atom. The van der Waals surface area contributed by atoms with Gasteiger partial charge in [-0.15, -0.1) is 11.8 Å². The van der Waals surface area contributed by atoms with Crippen molar-refractivity contribution in [1.82, 2.24) is 5.32 Å². The molecule has 4 aromatic carbocycles. The van der Waals surface area contributed by atoms with E-state index in [1.807, 2.05) is 25.1 Å². The fourth-order valence-corrected chi connectivity index (χ4v) is 5.20. The second kappa shape index (κ2) is 15.3. The summed E-state index contributed by atoms with van der Waals surface area (Å²) in [6.07, 6.45) is 1.58. The fraction of sp³-hybridized carbons (Fsp3) is 0.121. The lowest BCUT2D eigenvalue weighted by molar-refractivity contribution is -0.115. The molecule has 10 heteroatoms. The lowest BCUT2D eigenvalue weighted by Crippen LogP contribution is -2.30. The summed E-state index contributed by atoms with van der Waals surface area (Å²) >= 11 is 13.6. The molecule has 7 nitrogen and oxygen atoms in total. The minimum absolute atomic E-state index is 0.0326. The molecule has 43 heavy (non-hydrogen) atoms. The summed E-state index contributed by atoms with van der Waals surface area (Å²) in [7, 11) is 0. The van der Waals surface area contributed by atoms with Crippen molar-refractivity contribution in [3.63, 3.8) is 0 Å². The second-order valence-corrected chi connectivity index (χ2v) is 11.4. The molecule has 0 spiro atoms. The van der Waals surface area contributed by atoms with Crippen molar-refractivity contribution in [2.24, 2.45) is 0 Å². The Labute approximate surface area is 264 Å². The van der Waals surface area contributed by atoms with E-state index >= 15 is 0 Å². The molecule has 1 unspecified atom stereocenters. The highest BCUT2D eigenvalue weighted by molar-refractivity contribution is 8.00. The second-order valence-electron chi connectivity index (χ2n) is 9.18. The van der Waals surface area contributed by atoms with Crippen molar-refractivity contribution in [1.29, 1.82) is 0 Å². The first-order chi connectivity index (χ1) is 20.7. The standard InChI is InChI=1S/C33H29Cl2N3O4S/c1-3-42-29-18-8-7-13-23(29)19-28(38-32(40)22-11-5-4-6-12-22)33(41)36-24-14-9-15-25(20-24)43-21(2)31(39)37-27-17-10-16-26(34)30(27)35/h4-21H,3H2,1-2H3,(H,36,41)(H,37,39)(H,38,40)/b28-19+. The van der Waals surface area contributed by atoms with Crippen LogP contribution in [0.5, 0.6) is 5.75 Å². The number of anilines is 2. The van der Waals surface area contributed by atoms with E-state index in [9.17, 15) is 14.4 Å². The molecule has 4 rings (SSSR count). The molecule has 0 radical (unpaired) electrons. The Bertz CT molecular complexity index is 1650. The van der Waals surface area contributed by atoms with Gasteiger partial charge < -0.3 is 20.7 Å². The average Bonchev–Trinajstić information content (AvgIpc) is 3.00. The molecule has 3 amide bonds. The SMILES string of the molecule is CCOc1ccccc1/C=C(/NC(=O)c1ccccc1)C(=O)Nc1cccc(SC(C)C(=O)Nc2cccc(Cl)c2Cl)c1. The maximum Gasteiger partial charge on any atom is 0.272 e. The number of carbonyl (C=O) groups is 3. The van der Waals surface area contributed by atoms with Crippen molar-refractivity contribution >= 4 is 70.1 Å². The lowest BCUT2D eigenvalue weighted by Gasteiger charge is -2.15. The molecule has 220 valence electrons. The van der Waals surface area contributed by atoms with Crippen LogP contribution in [-0.4, -0.2) is 29.6 Å². The molecule has 3 N–H and O–H groups in total. The summed E-state index contributed by atoms with van der Waals surface area (Å²) in [6.45, 7) is 4.07. The molecule has 0 saturated carbocycles. The van der Waals surface area contributed by atoms with Gasteiger partial charge in [-0.3, -0.25) is 14.4 Å². The molecule has 0 aliphatic rings. The minimum Gasteiger partial charge on any atom is -0.493 e. The highest BCUT2D eigenvalue weighted by atomic mass is 35.5. The summed E-state index contributed by atoms with van der Waals surface area (Å²) in [5, 5.41) is 8.52. The summed E-state index contributed by atoms with van der Waals surface area (Å²) in [5.74, 6) is -0.640. The highest BCUT2D eigenvalue weighted by Crippen LogP contribution is 2.31. The van der Waals surface area contributed by atoms with Crippen LogP contribution >= 0.6 is 35.0 Å². The molecule has 1 atom stereocenters. The number of hydrogen-bond donors (Lipinski definition) is 3. The Morgan fingerprint density at radius 3 is 2.37 bits per heavy atom. The van der Waals surface area contributed by atoms with Crippen molar-refractivity contribution in [3.8, 4) is 5.75 Å². The Hall–Kier alpha value is -4.24. The fourth-order valence-electron chi connectivity index (χ4n) is 3.92. The topological polar surface area (TPSA) is 96.5 Å². The first-order valence-corrected chi connectivity index (χ1v) is 15.0. The van der Waals surface area contributed by atoms with E-state index in [0.717, 1.165) is 4.90 Å². The van der Waals surface area contributed by atoms with Crippen LogP contribution in [0.2, 0.25) is 10.0 Å². The van der Waals surface area contributed by atoms with Gasteiger partial charge in [0.15, 0.2) is 0 Å². The van der Waals surface area contributed by atoms with Crippen LogP contribution < -0.4 is 20.7 Å². The van der Waals surface area contributed by atoms with E-state index in [4.69, 9.17) is 27.9 Å². The maximum atomic E-state index is 13.5. The van der Waals surface area contributed by atoms with Crippen LogP contribution in [-0.2, 0) is 9.59 Å². The van der Waals surface area contributed by atoms with Crippen LogP contribution in [0.4, 0.5) is 11.4 Å². The van der Waals surface area contributed by atoms with Crippen LogP contribution in [0, 0.1) is 0 Å². The van der Waals surface area contributed by atoms with Gasteiger partial charge in [-0.25, -0.2) is 0 Å². The smallest absolute Gasteiger partial charge is 0.272 e. The van der Waals surface area contributed by atoms with E-state index in [1.54, 1.807) is 91.9 Å². The first kappa shape index (κ1) is 31.7. The van der Waals surface area contributed by atoms with Gasteiger partial charge in [0.05, 0.1) is 27.6 Å². The molecule has 0 aliphatic heterocycles. The molecule has 0 heterocycles. The Balaban J connectivity index is 1.52. The van der Waals surface area contributed by atoms with Crippen molar-refractivity contribution in [2.75, 3.05) is 17.2 Å². The number of carbonyl (C=O) groups excluding carboxylic acids is 3. The number of para-hydroxylation sites is 1. The number of nitrogens with one attached hydrogen (secondary N) is 3. The first-order valence-electron chi connectivity index (χ1n) is 13.4. The van der Waals surface area contributed by atoms with Gasteiger partial charge in [0, 0.05) is 21.7 Å². The average molecular weight is 635 g/mol. The third-order valence-electron chi connectivity index (χ3n) is 6.03. The zero-order valence-electron chi connectivity index (χ0n) is 23.4. The third kappa shape index (κ3) is 8.88. The van der Waals surface area contributed by atoms with Gasteiger partial charge in [-0.1, -0.05) is 71.7 Å². The van der Waals surface area contributed by atoms with Crippen molar-refractivity contribution in [3.05, 3.63) is 124 Å². The summed E-state index contributed by atoms with van der Waals surface area (Å²) in [4.78, 5) is 40.1. The molecule has 0 saturated heterocycles. The molecule has 0 aliphatic carbocycles. The predicted octanol–water partition coefficient (Wildman–Crippen LogP) is 7.92. The van der Waals surface area contributed by atoms with Gasteiger partial charge in [-0.2, -0.15) is 0 Å². The van der Waals surface area contributed by atoms with E-state index < -0.39 is 17.1 Å². The molecule has 0 fully saturated rings. The molecular weight excluding hydrogens is 605 g/mol. The molecular formula is C33H29Cl2N3O4S. The van der Waals surface area contributed by atoms with Gasteiger partial charge in [-0.05, 0) is 68.5 Å². The predicted molar refractivity (Wildman–Crippen MR) is 175 cm³/mol. The van der Waals surface area contributed by atoms with E-state index in [-0.39, 0.29) is 16.6 Å². The summed E-state index contributed by atoms with van der Waals surface area (Å²) in [6, 6.07) is 28.0. The zero-order chi connectivity index (χ0) is 30.8. The number of rotatable bonds is 11.